The first-order chi connectivity index (χ1) is 9.27. The molecule has 7 heteroatoms. The van der Waals surface area contributed by atoms with Gasteiger partial charge in [0.05, 0.1) is 22.4 Å². The van der Waals surface area contributed by atoms with Crippen molar-refractivity contribution in [1.82, 2.24) is 4.98 Å². The summed E-state index contributed by atoms with van der Waals surface area (Å²) in [6, 6.07) is 2.01. The number of hydrogen-bond acceptors (Lipinski definition) is 3. The summed E-state index contributed by atoms with van der Waals surface area (Å²) in [6.45, 7) is 1.77. The normalized spacial score (nSPS) is 13.5. The lowest BCUT2D eigenvalue weighted by Crippen LogP contribution is -2.10. The van der Waals surface area contributed by atoms with Crippen LogP contribution in [0.4, 0.5) is 17.6 Å². The van der Waals surface area contributed by atoms with Gasteiger partial charge in [-0.2, -0.15) is 13.2 Å². The molecule has 0 saturated carbocycles. The lowest BCUT2D eigenvalue weighted by molar-refractivity contribution is -0.137. The van der Waals surface area contributed by atoms with E-state index in [1.54, 1.807) is 12.3 Å². The number of rotatable bonds is 3. The Labute approximate surface area is 116 Å². The summed E-state index contributed by atoms with van der Waals surface area (Å²) in [7, 11) is 0. The summed E-state index contributed by atoms with van der Waals surface area (Å²) in [5, 5.41) is 12.4. The van der Waals surface area contributed by atoms with E-state index < -0.39 is 23.7 Å². The molecule has 2 nitrogen and oxygen atoms in total. The highest BCUT2D eigenvalue weighted by atomic mass is 32.1. The fourth-order valence-electron chi connectivity index (χ4n) is 1.79. The van der Waals surface area contributed by atoms with Crippen molar-refractivity contribution in [3.05, 3.63) is 51.2 Å². The van der Waals surface area contributed by atoms with E-state index in [0.717, 1.165) is 5.01 Å². The SMILES string of the molecule is Cc1nc(CC(O)c2cc(C(F)(F)F)ccc2F)cs1. The topological polar surface area (TPSA) is 33.1 Å². The van der Waals surface area contributed by atoms with Gasteiger partial charge in [0.15, 0.2) is 0 Å². The highest BCUT2D eigenvalue weighted by Crippen LogP contribution is 2.32. The molecule has 1 aromatic heterocycles. The van der Waals surface area contributed by atoms with Crippen LogP contribution in [0.25, 0.3) is 0 Å². The third-order valence-electron chi connectivity index (χ3n) is 2.75. The summed E-state index contributed by atoms with van der Waals surface area (Å²) in [6.07, 6.45) is -5.96. The molecule has 0 saturated heterocycles. The molecule has 0 radical (unpaired) electrons. The van der Waals surface area contributed by atoms with Crippen molar-refractivity contribution in [3.63, 3.8) is 0 Å². The van der Waals surface area contributed by atoms with Crippen LogP contribution in [0.2, 0.25) is 0 Å². The molecule has 1 N–H and O–H groups in total. The Morgan fingerprint density at radius 2 is 2.05 bits per heavy atom. The van der Waals surface area contributed by atoms with Crippen LogP contribution in [-0.2, 0) is 12.6 Å². The molecule has 0 fully saturated rings. The van der Waals surface area contributed by atoms with Crippen LogP contribution in [0.15, 0.2) is 23.6 Å². The van der Waals surface area contributed by atoms with Crippen molar-refractivity contribution in [2.24, 2.45) is 0 Å². The molecular weight excluding hydrogens is 294 g/mol. The van der Waals surface area contributed by atoms with Crippen molar-refractivity contribution < 1.29 is 22.7 Å². The number of aliphatic hydroxyl groups is 1. The summed E-state index contributed by atoms with van der Waals surface area (Å²) >= 11 is 1.36. The van der Waals surface area contributed by atoms with Gasteiger partial charge in [0.25, 0.3) is 0 Å². The molecule has 0 spiro atoms. The fourth-order valence-corrected chi connectivity index (χ4v) is 2.41. The van der Waals surface area contributed by atoms with E-state index in [1.807, 2.05) is 0 Å². The number of aryl methyl sites for hydroxylation is 1. The predicted molar refractivity (Wildman–Crippen MR) is 66.9 cm³/mol. The average molecular weight is 305 g/mol. The molecule has 1 atom stereocenters. The number of aliphatic hydroxyl groups excluding tert-OH is 1. The molecule has 0 aliphatic rings. The monoisotopic (exact) mass is 305 g/mol. The molecular formula is C13H11F4NOS. The van der Waals surface area contributed by atoms with Gasteiger partial charge in [-0.3, -0.25) is 0 Å². The Bertz CT molecular complexity index is 609. The minimum atomic E-state index is -4.57. The molecule has 0 aliphatic heterocycles. The van der Waals surface area contributed by atoms with Crippen LogP contribution in [0, 0.1) is 12.7 Å². The van der Waals surface area contributed by atoms with E-state index in [-0.39, 0.29) is 12.0 Å². The maximum absolute atomic E-state index is 13.6. The van der Waals surface area contributed by atoms with Crippen molar-refractivity contribution in [2.45, 2.75) is 25.6 Å². The first-order valence-corrected chi connectivity index (χ1v) is 6.61. The number of nitrogens with zero attached hydrogens (tertiary/aromatic N) is 1. The number of aromatic nitrogens is 1. The molecule has 1 aromatic carbocycles. The second-order valence-electron chi connectivity index (χ2n) is 4.31. The largest absolute Gasteiger partial charge is 0.416 e. The van der Waals surface area contributed by atoms with E-state index in [1.165, 1.54) is 11.3 Å². The van der Waals surface area contributed by atoms with Gasteiger partial charge in [0, 0.05) is 17.4 Å². The summed E-state index contributed by atoms with van der Waals surface area (Å²) in [5.41, 5.74) is -0.829. The molecule has 0 bridgehead atoms. The first-order valence-electron chi connectivity index (χ1n) is 5.73. The molecule has 20 heavy (non-hydrogen) atoms. The Kier molecular flexibility index (Phi) is 4.10. The van der Waals surface area contributed by atoms with Crippen LogP contribution >= 0.6 is 11.3 Å². The van der Waals surface area contributed by atoms with E-state index in [2.05, 4.69) is 4.98 Å². The molecule has 2 aromatic rings. The number of alkyl halides is 3. The summed E-state index contributed by atoms with van der Waals surface area (Å²) < 4.78 is 51.3. The molecule has 0 amide bonds. The van der Waals surface area contributed by atoms with E-state index in [9.17, 15) is 22.7 Å². The van der Waals surface area contributed by atoms with Gasteiger partial charge >= 0.3 is 6.18 Å². The quantitative estimate of drug-likeness (QED) is 0.873. The van der Waals surface area contributed by atoms with Gasteiger partial charge in [-0.15, -0.1) is 11.3 Å². The Hall–Kier alpha value is -1.47. The second-order valence-corrected chi connectivity index (χ2v) is 5.37. The van der Waals surface area contributed by atoms with Crippen LogP contribution in [0.5, 0.6) is 0 Å². The lowest BCUT2D eigenvalue weighted by Gasteiger charge is -2.14. The zero-order valence-electron chi connectivity index (χ0n) is 10.4. The van der Waals surface area contributed by atoms with Gasteiger partial charge in [-0.05, 0) is 25.1 Å². The van der Waals surface area contributed by atoms with Gasteiger partial charge in [-0.1, -0.05) is 0 Å². The standard InChI is InChI=1S/C13H11F4NOS/c1-7-18-9(6-20-7)5-12(19)10-4-8(13(15,16)17)2-3-11(10)14/h2-4,6,12,19H,5H2,1H3. The number of benzene rings is 1. The smallest absolute Gasteiger partial charge is 0.388 e. The lowest BCUT2D eigenvalue weighted by atomic mass is 10.0. The van der Waals surface area contributed by atoms with Gasteiger partial charge in [0.2, 0.25) is 0 Å². The van der Waals surface area contributed by atoms with Crippen LogP contribution in [0.1, 0.15) is 27.9 Å². The third-order valence-corrected chi connectivity index (χ3v) is 3.57. The van der Waals surface area contributed by atoms with E-state index >= 15 is 0 Å². The van der Waals surface area contributed by atoms with Crippen molar-refractivity contribution in [2.75, 3.05) is 0 Å². The summed E-state index contributed by atoms with van der Waals surface area (Å²) in [5.74, 6) is -0.863. The fraction of sp³-hybridized carbons (Fsp3) is 0.308. The van der Waals surface area contributed by atoms with Crippen molar-refractivity contribution >= 4 is 11.3 Å². The van der Waals surface area contributed by atoms with E-state index in [0.29, 0.717) is 23.9 Å². The maximum Gasteiger partial charge on any atom is 0.416 e. The van der Waals surface area contributed by atoms with Crippen LogP contribution in [0.3, 0.4) is 0 Å². The second kappa shape index (κ2) is 5.49. The van der Waals surface area contributed by atoms with Crippen LogP contribution < -0.4 is 0 Å². The number of hydrogen-bond donors (Lipinski definition) is 1. The maximum atomic E-state index is 13.6. The molecule has 1 heterocycles. The molecule has 0 aliphatic carbocycles. The zero-order valence-corrected chi connectivity index (χ0v) is 11.2. The predicted octanol–water partition coefficient (Wildman–Crippen LogP) is 3.89. The molecule has 108 valence electrons. The first kappa shape index (κ1) is 14.9. The number of thiazole rings is 1. The third kappa shape index (κ3) is 3.34. The minimum Gasteiger partial charge on any atom is -0.388 e. The van der Waals surface area contributed by atoms with Gasteiger partial charge in [0.1, 0.15) is 5.82 Å². The van der Waals surface area contributed by atoms with Gasteiger partial charge in [-0.25, -0.2) is 9.37 Å². The molecule has 2 rings (SSSR count). The van der Waals surface area contributed by atoms with E-state index in [4.69, 9.17) is 0 Å². The summed E-state index contributed by atoms with van der Waals surface area (Å²) in [4.78, 5) is 4.09. The van der Waals surface area contributed by atoms with Gasteiger partial charge < -0.3 is 5.11 Å². The zero-order chi connectivity index (χ0) is 14.9. The van der Waals surface area contributed by atoms with Crippen LogP contribution in [-0.4, -0.2) is 10.1 Å². The van der Waals surface area contributed by atoms with Crippen molar-refractivity contribution in [1.29, 1.82) is 0 Å². The van der Waals surface area contributed by atoms with Crippen molar-refractivity contribution in [3.8, 4) is 0 Å². The number of halogens is 4. The average Bonchev–Trinajstić information content (AvgIpc) is 2.73. The highest BCUT2D eigenvalue weighted by molar-refractivity contribution is 7.09. The Balaban J connectivity index is 2.27. The Morgan fingerprint density at radius 3 is 2.60 bits per heavy atom. The minimum absolute atomic E-state index is 0.0252. The molecule has 1 unspecified atom stereocenters. The highest BCUT2D eigenvalue weighted by Gasteiger charge is 2.31. The Morgan fingerprint density at radius 1 is 1.35 bits per heavy atom.